The monoisotopic (exact) mass is 612 g/mol. The predicted molar refractivity (Wildman–Crippen MR) is 176 cm³/mol. The standard InChI is InChI=1S/C35H29FN8O2/c1-44(2)12-13-46-26-16-22(14-24(36)17-26)27-10-11-38-34-28(27)18-31(41-34)33-32-30(42-43-33)9-8-29(40-32)23-15-25(20-37-19-23)39-35(45)21-6-4-3-5-7-21/h3-11,14-20H,12-13H2,1-2H3,(H,38,41)(H,39,45)(H,42,43). The zero-order chi connectivity index (χ0) is 31.6. The third-order valence-electron chi connectivity index (χ3n) is 7.51. The lowest BCUT2D eigenvalue weighted by atomic mass is 10.0. The minimum absolute atomic E-state index is 0.224. The number of pyridine rings is 3. The van der Waals surface area contributed by atoms with Crippen LogP contribution in [0.15, 0.2) is 97.5 Å². The molecule has 0 aliphatic heterocycles. The smallest absolute Gasteiger partial charge is 0.255 e. The number of anilines is 1. The molecule has 0 bridgehead atoms. The van der Waals surface area contributed by atoms with Crippen molar-refractivity contribution in [1.82, 2.24) is 35.0 Å². The van der Waals surface area contributed by atoms with E-state index in [1.807, 2.05) is 73.6 Å². The lowest BCUT2D eigenvalue weighted by Gasteiger charge is -2.12. The third-order valence-corrected chi connectivity index (χ3v) is 7.51. The normalized spacial score (nSPS) is 11.4. The molecule has 0 radical (unpaired) electrons. The van der Waals surface area contributed by atoms with Crippen LogP contribution in [-0.4, -0.2) is 68.2 Å². The van der Waals surface area contributed by atoms with Gasteiger partial charge in [-0.3, -0.25) is 14.9 Å². The molecule has 46 heavy (non-hydrogen) atoms. The summed E-state index contributed by atoms with van der Waals surface area (Å²) in [6.07, 6.45) is 4.98. The van der Waals surface area contributed by atoms with Gasteiger partial charge in [-0.25, -0.2) is 14.4 Å². The molecule has 228 valence electrons. The first-order valence-electron chi connectivity index (χ1n) is 14.6. The summed E-state index contributed by atoms with van der Waals surface area (Å²) in [5.74, 6) is -0.143. The maximum Gasteiger partial charge on any atom is 0.255 e. The number of amides is 1. The molecule has 7 rings (SSSR count). The summed E-state index contributed by atoms with van der Waals surface area (Å²) in [4.78, 5) is 31.8. The van der Waals surface area contributed by atoms with Crippen molar-refractivity contribution >= 4 is 33.7 Å². The highest BCUT2D eigenvalue weighted by Crippen LogP contribution is 2.35. The fraction of sp³-hybridized carbons (Fsp3) is 0.114. The number of aromatic nitrogens is 6. The Morgan fingerprint density at radius 1 is 0.978 bits per heavy atom. The van der Waals surface area contributed by atoms with Crippen molar-refractivity contribution in [2.45, 2.75) is 0 Å². The number of hydrogen-bond acceptors (Lipinski definition) is 7. The van der Waals surface area contributed by atoms with Crippen molar-refractivity contribution in [3.63, 3.8) is 0 Å². The molecule has 0 saturated carbocycles. The van der Waals surface area contributed by atoms with Gasteiger partial charge in [0.1, 0.15) is 35.0 Å². The van der Waals surface area contributed by atoms with E-state index in [1.54, 1.807) is 30.7 Å². The fourth-order valence-electron chi connectivity index (χ4n) is 5.24. The summed E-state index contributed by atoms with van der Waals surface area (Å²) in [6.45, 7) is 1.16. The van der Waals surface area contributed by atoms with Crippen LogP contribution in [-0.2, 0) is 0 Å². The molecular formula is C35H29FN8O2. The quantitative estimate of drug-likeness (QED) is 0.169. The number of benzene rings is 2. The molecule has 10 nitrogen and oxygen atoms in total. The molecule has 3 N–H and O–H groups in total. The zero-order valence-corrected chi connectivity index (χ0v) is 25.1. The third kappa shape index (κ3) is 5.91. The van der Waals surface area contributed by atoms with Crippen molar-refractivity contribution in [2.24, 2.45) is 0 Å². The zero-order valence-electron chi connectivity index (χ0n) is 25.1. The van der Waals surface area contributed by atoms with Crippen molar-refractivity contribution in [3.8, 4) is 39.5 Å². The fourth-order valence-corrected chi connectivity index (χ4v) is 5.24. The van der Waals surface area contributed by atoms with E-state index in [4.69, 9.17) is 9.72 Å². The number of fused-ring (bicyclic) bond motifs is 2. The van der Waals surface area contributed by atoms with Gasteiger partial charge in [-0.1, -0.05) is 18.2 Å². The Hall–Kier alpha value is -5.94. The molecule has 0 atom stereocenters. The summed E-state index contributed by atoms with van der Waals surface area (Å²) in [7, 11) is 3.92. The van der Waals surface area contributed by atoms with E-state index in [-0.39, 0.29) is 11.7 Å². The largest absolute Gasteiger partial charge is 0.492 e. The molecule has 0 spiro atoms. The van der Waals surface area contributed by atoms with E-state index in [9.17, 15) is 9.18 Å². The number of aromatic amines is 2. The Labute approximate surface area is 263 Å². The van der Waals surface area contributed by atoms with Crippen molar-refractivity contribution < 1.29 is 13.9 Å². The van der Waals surface area contributed by atoms with E-state index >= 15 is 0 Å². The lowest BCUT2D eigenvalue weighted by Crippen LogP contribution is -2.19. The Bertz CT molecular complexity index is 2190. The average molecular weight is 613 g/mol. The van der Waals surface area contributed by atoms with Crippen LogP contribution in [0.1, 0.15) is 10.4 Å². The number of nitrogens with one attached hydrogen (secondary N) is 3. The average Bonchev–Trinajstić information content (AvgIpc) is 3.69. The Morgan fingerprint density at radius 3 is 2.70 bits per heavy atom. The van der Waals surface area contributed by atoms with Gasteiger partial charge >= 0.3 is 0 Å². The molecule has 11 heteroatoms. The van der Waals surface area contributed by atoms with Gasteiger partial charge in [0.25, 0.3) is 5.91 Å². The number of nitrogens with zero attached hydrogens (tertiary/aromatic N) is 5. The van der Waals surface area contributed by atoms with Crippen LogP contribution >= 0.6 is 0 Å². The second-order valence-electron chi connectivity index (χ2n) is 11.1. The van der Waals surface area contributed by atoms with E-state index in [2.05, 4.69) is 30.5 Å². The Balaban J connectivity index is 1.21. The van der Waals surface area contributed by atoms with Gasteiger partial charge in [0.05, 0.1) is 28.8 Å². The number of H-pyrrole nitrogens is 2. The van der Waals surface area contributed by atoms with Crippen molar-refractivity contribution in [2.75, 3.05) is 32.6 Å². The van der Waals surface area contributed by atoms with Crippen molar-refractivity contribution in [3.05, 3.63) is 109 Å². The highest BCUT2D eigenvalue weighted by atomic mass is 19.1. The summed E-state index contributed by atoms with van der Waals surface area (Å²) in [5.41, 5.74) is 7.31. The van der Waals surface area contributed by atoms with E-state index in [0.717, 1.165) is 22.0 Å². The van der Waals surface area contributed by atoms with Gasteiger partial charge in [-0.2, -0.15) is 5.10 Å². The summed E-state index contributed by atoms with van der Waals surface area (Å²) in [5, 5.41) is 11.3. The SMILES string of the molecule is CN(C)CCOc1cc(F)cc(-c2ccnc3[nH]c(-c4n[nH]c5ccc(-c6cncc(NC(=O)c7ccccc7)c6)nc45)cc23)c1. The maximum absolute atomic E-state index is 14.7. The molecule has 7 aromatic rings. The van der Waals surface area contributed by atoms with Crippen LogP contribution in [0, 0.1) is 5.82 Å². The highest BCUT2D eigenvalue weighted by molar-refractivity contribution is 6.04. The second-order valence-corrected chi connectivity index (χ2v) is 11.1. The molecule has 0 aliphatic rings. The van der Waals surface area contributed by atoms with Crippen LogP contribution in [0.2, 0.25) is 0 Å². The molecule has 5 heterocycles. The van der Waals surface area contributed by atoms with Crippen molar-refractivity contribution in [1.29, 1.82) is 0 Å². The minimum Gasteiger partial charge on any atom is -0.492 e. The number of likely N-dealkylation sites (N-methyl/N-ethyl adjacent to an activating group) is 1. The first-order chi connectivity index (χ1) is 22.4. The molecule has 0 aliphatic carbocycles. The number of ether oxygens (including phenoxy) is 1. The van der Waals surface area contributed by atoms with Crippen LogP contribution in [0.25, 0.3) is 55.8 Å². The minimum atomic E-state index is -0.383. The molecule has 1 amide bonds. The second kappa shape index (κ2) is 12.2. The van der Waals surface area contributed by atoms with Crippen LogP contribution in [0.5, 0.6) is 5.75 Å². The number of rotatable bonds is 9. The first kappa shape index (κ1) is 28.8. The lowest BCUT2D eigenvalue weighted by molar-refractivity contribution is 0.102. The molecule has 0 unspecified atom stereocenters. The van der Waals surface area contributed by atoms with Crippen LogP contribution < -0.4 is 10.1 Å². The van der Waals surface area contributed by atoms with E-state index in [0.29, 0.717) is 64.0 Å². The summed E-state index contributed by atoms with van der Waals surface area (Å²) >= 11 is 0. The van der Waals surface area contributed by atoms with Gasteiger partial charge in [-0.15, -0.1) is 0 Å². The number of carbonyl (C=O) groups is 1. The van der Waals surface area contributed by atoms with Crippen LogP contribution in [0.4, 0.5) is 10.1 Å². The predicted octanol–water partition coefficient (Wildman–Crippen LogP) is 6.56. The van der Waals surface area contributed by atoms with Gasteiger partial charge in [0, 0.05) is 41.5 Å². The number of hydrogen-bond donors (Lipinski definition) is 3. The van der Waals surface area contributed by atoms with Gasteiger partial charge in [0.15, 0.2) is 0 Å². The number of carbonyl (C=O) groups excluding carboxylic acids is 1. The molecule has 0 fully saturated rings. The molecule has 0 saturated heterocycles. The highest BCUT2D eigenvalue weighted by Gasteiger charge is 2.17. The molecular weight excluding hydrogens is 583 g/mol. The Morgan fingerprint density at radius 2 is 1.85 bits per heavy atom. The first-order valence-corrected chi connectivity index (χ1v) is 14.6. The van der Waals surface area contributed by atoms with Gasteiger partial charge in [-0.05, 0) is 79.8 Å². The van der Waals surface area contributed by atoms with E-state index < -0.39 is 0 Å². The topological polar surface area (TPSA) is 125 Å². The number of halogens is 1. The van der Waals surface area contributed by atoms with Crippen LogP contribution in [0.3, 0.4) is 0 Å². The summed E-state index contributed by atoms with van der Waals surface area (Å²) in [6, 6.07) is 23.1. The Kier molecular flexibility index (Phi) is 7.65. The maximum atomic E-state index is 14.7. The molecule has 2 aromatic carbocycles. The van der Waals surface area contributed by atoms with Gasteiger partial charge in [0.2, 0.25) is 0 Å². The van der Waals surface area contributed by atoms with E-state index in [1.165, 1.54) is 12.1 Å². The summed E-state index contributed by atoms with van der Waals surface area (Å²) < 4.78 is 20.5. The molecule has 5 aromatic heterocycles. The van der Waals surface area contributed by atoms with Gasteiger partial charge < -0.3 is 19.9 Å².